The topological polar surface area (TPSA) is 90.5 Å². The molecule has 2 unspecified atom stereocenters. The Balaban J connectivity index is 2.36. The van der Waals surface area contributed by atoms with Crippen LogP contribution in [0.3, 0.4) is 0 Å². The van der Waals surface area contributed by atoms with Crippen molar-refractivity contribution in [1.82, 2.24) is 16.0 Å². The van der Waals surface area contributed by atoms with Crippen LogP contribution in [0.4, 0.5) is 0 Å². The van der Waals surface area contributed by atoms with Crippen molar-refractivity contribution < 1.29 is 14.7 Å². The zero-order valence-electron chi connectivity index (χ0n) is 8.04. The van der Waals surface area contributed by atoms with Gasteiger partial charge in [0, 0.05) is 19.6 Å². The van der Waals surface area contributed by atoms with Gasteiger partial charge >= 0.3 is 5.97 Å². The van der Waals surface area contributed by atoms with Crippen molar-refractivity contribution >= 4 is 11.9 Å². The zero-order valence-corrected chi connectivity index (χ0v) is 8.04. The highest BCUT2D eigenvalue weighted by Gasteiger charge is 2.23. The van der Waals surface area contributed by atoms with Crippen LogP contribution in [0.2, 0.25) is 0 Å². The van der Waals surface area contributed by atoms with Gasteiger partial charge in [-0.2, -0.15) is 0 Å². The van der Waals surface area contributed by atoms with Crippen molar-refractivity contribution in [3.63, 3.8) is 0 Å². The number of carbonyl (C=O) groups excluding carboxylic acids is 1. The van der Waals surface area contributed by atoms with E-state index in [9.17, 15) is 9.59 Å². The van der Waals surface area contributed by atoms with Gasteiger partial charge in [-0.1, -0.05) is 0 Å². The van der Waals surface area contributed by atoms with E-state index in [1.807, 2.05) is 0 Å². The van der Waals surface area contributed by atoms with E-state index in [0.29, 0.717) is 6.54 Å². The fourth-order valence-electron chi connectivity index (χ4n) is 1.21. The number of carboxylic acid groups (broad SMARTS) is 1. The van der Waals surface area contributed by atoms with E-state index in [1.165, 1.54) is 6.92 Å². The molecule has 1 aliphatic heterocycles. The first-order chi connectivity index (χ1) is 6.61. The summed E-state index contributed by atoms with van der Waals surface area (Å²) in [6.07, 6.45) is 0. The number of aliphatic carboxylic acids is 1. The van der Waals surface area contributed by atoms with Gasteiger partial charge in [0.25, 0.3) is 0 Å². The number of rotatable bonds is 3. The number of hydrogen-bond acceptors (Lipinski definition) is 4. The summed E-state index contributed by atoms with van der Waals surface area (Å²) in [6.45, 7) is 3.53. The first kappa shape index (κ1) is 10.9. The lowest BCUT2D eigenvalue weighted by molar-refractivity contribution is -0.141. The highest BCUT2D eigenvalue weighted by atomic mass is 16.4. The minimum absolute atomic E-state index is 0.271. The zero-order chi connectivity index (χ0) is 10.6. The molecule has 0 saturated carbocycles. The molecule has 0 radical (unpaired) electrons. The number of carbonyl (C=O) groups is 2. The molecule has 4 N–H and O–H groups in total. The second-order valence-electron chi connectivity index (χ2n) is 3.28. The predicted octanol–water partition coefficient (Wildman–Crippen LogP) is -1.86. The van der Waals surface area contributed by atoms with Crippen LogP contribution >= 0.6 is 0 Å². The second-order valence-corrected chi connectivity index (χ2v) is 3.28. The van der Waals surface area contributed by atoms with E-state index < -0.39 is 12.0 Å². The molecular formula is C8H15N3O3. The maximum absolute atomic E-state index is 11.4. The second kappa shape index (κ2) is 4.92. The molecule has 2 atom stereocenters. The monoisotopic (exact) mass is 201 g/mol. The van der Waals surface area contributed by atoms with Gasteiger partial charge < -0.3 is 21.1 Å². The van der Waals surface area contributed by atoms with Gasteiger partial charge in [0.05, 0.1) is 6.04 Å². The van der Waals surface area contributed by atoms with E-state index >= 15 is 0 Å². The molecule has 14 heavy (non-hydrogen) atoms. The highest BCUT2D eigenvalue weighted by molar-refractivity contribution is 5.86. The van der Waals surface area contributed by atoms with Crippen LogP contribution in [0.25, 0.3) is 0 Å². The molecule has 0 aliphatic carbocycles. The molecule has 1 aliphatic rings. The maximum Gasteiger partial charge on any atom is 0.325 e. The van der Waals surface area contributed by atoms with Crippen LogP contribution in [-0.4, -0.2) is 48.7 Å². The molecule has 0 bridgehead atoms. The number of carboxylic acids is 1. The van der Waals surface area contributed by atoms with Crippen LogP contribution in [0.15, 0.2) is 0 Å². The molecule has 0 aromatic heterocycles. The summed E-state index contributed by atoms with van der Waals surface area (Å²) in [4.78, 5) is 21.9. The Labute approximate surface area is 82.1 Å². The van der Waals surface area contributed by atoms with Crippen LogP contribution in [0, 0.1) is 0 Å². The van der Waals surface area contributed by atoms with E-state index in [1.54, 1.807) is 0 Å². The van der Waals surface area contributed by atoms with Crippen molar-refractivity contribution in [1.29, 1.82) is 0 Å². The summed E-state index contributed by atoms with van der Waals surface area (Å²) in [5.74, 6) is -1.30. The molecule has 6 nitrogen and oxygen atoms in total. The predicted molar refractivity (Wildman–Crippen MR) is 49.9 cm³/mol. The van der Waals surface area contributed by atoms with Gasteiger partial charge in [-0.05, 0) is 6.92 Å². The van der Waals surface area contributed by atoms with Crippen LogP contribution in [0.5, 0.6) is 0 Å². The average molecular weight is 201 g/mol. The summed E-state index contributed by atoms with van der Waals surface area (Å²) in [6, 6.07) is -1.17. The number of hydrogen-bond donors (Lipinski definition) is 4. The van der Waals surface area contributed by atoms with E-state index in [-0.39, 0.29) is 11.9 Å². The standard InChI is InChI=1S/C8H15N3O3/c1-5(8(13)14)11-7(12)6-4-9-2-3-10-6/h5-6,9-10H,2-4H2,1H3,(H,11,12)(H,13,14). The summed E-state index contributed by atoms with van der Waals surface area (Å²) in [5.41, 5.74) is 0. The molecular weight excluding hydrogens is 186 g/mol. The Morgan fingerprint density at radius 3 is 2.71 bits per heavy atom. The first-order valence-electron chi connectivity index (χ1n) is 4.58. The largest absolute Gasteiger partial charge is 0.480 e. The minimum atomic E-state index is -1.03. The fourth-order valence-corrected chi connectivity index (χ4v) is 1.21. The molecule has 1 rings (SSSR count). The lowest BCUT2D eigenvalue weighted by atomic mass is 10.2. The van der Waals surface area contributed by atoms with Gasteiger partial charge in [-0.15, -0.1) is 0 Å². The summed E-state index contributed by atoms with van der Waals surface area (Å²) >= 11 is 0. The Kier molecular flexibility index (Phi) is 3.84. The van der Waals surface area contributed by atoms with Gasteiger partial charge in [0.1, 0.15) is 6.04 Å². The molecule has 80 valence electrons. The number of piperazine rings is 1. The molecule has 1 heterocycles. The van der Waals surface area contributed by atoms with Crippen molar-refractivity contribution in [3.8, 4) is 0 Å². The van der Waals surface area contributed by atoms with Gasteiger partial charge in [-0.25, -0.2) is 0 Å². The van der Waals surface area contributed by atoms with Crippen molar-refractivity contribution in [2.75, 3.05) is 19.6 Å². The third-order valence-electron chi connectivity index (χ3n) is 2.09. The Bertz CT molecular complexity index is 226. The molecule has 6 heteroatoms. The van der Waals surface area contributed by atoms with Crippen molar-refractivity contribution in [3.05, 3.63) is 0 Å². The normalized spacial score (nSPS) is 23.9. The van der Waals surface area contributed by atoms with Crippen LogP contribution < -0.4 is 16.0 Å². The summed E-state index contributed by atoms with van der Waals surface area (Å²) < 4.78 is 0. The van der Waals surface area contributed by atoms with Crippen LogP contribution in [-0.2, 0) is 9.59 Å². The quantitative estimate of drug-likeness (QED) is 0.430. The molecule has 0 aromatic carbocycles. The Morgan fingerprint density at radius 1 is 1.50 bits per heavy atom. The molecule has 1 fully saturated rings. The Hall–Kier alpha value is -1.14. The van der Waals surface area contributed by atoms with E-state index in [2.05, 4.69) is 16.0 Å². The molecule has 1 amide bonds. The Morgan fingerprint density at radius 2 is 2.21 bits per heavy atom. The fraction of sp³-hybridized carbons (Fsp3) is 0.750. The van der Waals surface area contributed by atoms with Crippen LogP contribution in [0.1, 0.15) is 6.92 Å². The number of amides is 1. The SMILES string of the molecule is CC(NC(=O)C1CNCCN1)C(=O)O. The smallest absolute Gasteiger partial charge is 0.325 e. The highest BCUT2D eigenvalue weighted by Crippen LogP contribution is 1.89. The van der Waals surface area contributed by atoms with Crippen molar-refractivity contribution in [2.45, 2.75) is 19.0 Å². The summed E-state index contributed by atoms with van der Waals surface area (Å²) in [5, 5.41) is 17.0. The van der Waals surface area contributed by atoms with E-state index in [4.69, 9.17) is 5.11 Å². The van der Waals surface area contributed by atoms with Crippen molar-refractivity contribution in [2.24, 2.45) is 0 Å². The third-order valence-corrected chi connectivity index (χ3v) is 2.09. The lowest BCUT2D eigenvalue weighted by Gasteiger charge is -2.24. The molecule has 1 saturated heterocycles. The summed E-state index contributed by atoms with van der Waals surface area (Å²) in [7, 11) is 0. The van der Waals surface area contributed by atoms with Gasteiger partial charge in [-0.3, -0.25) is 9.59 Å². The van der Waals surface area contributed by atoms with Gasteiger partial charge in [0.15, 0.2) is 0 Å². The lowest BCUT2D eigenvalue weighted by Crippen LogP contribution is -2.57. The number of nitrogens with one attached hydrogen (secondary N) is 3. The molecule has 0 spiro atoms. The first-order valence-corrected chi connectivity index (χ1v) is 4.58. The minimum Gasteiger partial charge on any atom is -0.480 e. The average Bonchev–Trinajstić information content (AvgIpc) is 2.19. The van der Waals surface area contributed by atoms with Gasteiger partial charge in [0.2, 0.25) is 5.91 Å². The third kappa shape index (κ3) is 2.97. The van der Waals surface area contributed by atoms with E-state index in [0.717, 1.165) is 13.1 Å². The molecule has 0 aromatic rings. The maximum atomic E-state index is 11.4.